The van der Waals surface area contributed by atoms with Gasteiger partial charge in [0.25, 0.3) is 0 Å². The van der Waals surface area contributed by atoms with E-state index in [1.165, 1.54) is 6.92 Å². The van der Waals surface area contributed by atoms with Crippen LogP contribution in [0.3, 0.4) is 0 Å². The molecule has 0 N–H and O–H groups in total. The zero-order chi connectivity index (χ0) is 27.5. The second-order valence-corrected chi connectivity index (χ2v) is 9.87. The maximum Gasteiger partial charge on any atom is 0.389 e. The number of Topliss-reactive ketones (excluding diaryl/α,β-unsaturated/α-hetero) is 1. The third-order valence-electron chi connectivity index (χ3n) is 7.04. The minimum atomic E-state index is -4.30. The van der Waals surface area contributed by atoms with Crippen LogP contribution in [-0.4, -0.2) is 23.6 Å². The SMILES string of the molecule is CCCC1(CCC(F)(F)F)c2ccccc2-c2ccc(C(=O)/C(Cc3cccc(C)c3)=N/OC(C)=O)cc21. The first-order valence-electron chi connectivity index (χ1n) is 12.7. The van der Waals surface area contributed by atoms with Gasteiger partial charge in [0.15, 0.2) is 0 Å². The number of halogens is 3. The van der Waals surface area contributed by atoms with Crippen molar-refractivity contribution >= 4 is 17.5 Å². The van der Waals surface area contributed by atoms with E-state index in [9.17, 15) is 22.8 Å². The summed E-state index contributed by atoms with van der Waals surface area (Å²) in [6, 6.07) is 20.3. The van der Waals surface area contributed by atoms with Crippen LogP contribution < -0.4 is 0 Å². The number of carbonyl (C=O) groups is 2. The maximum atomic E-state index is 13.7. The summed E-state index contributed by atoms with van der Waals surface area (Å²) in [7, 11) is 0. The van der Waals surface area contributed by atoms with Gasteiger partial charge < -0.3 is 4.84 Å². The highest BCUT2D eigenvalue weighted by Crippen LogP contribution is 2.54. The van der Waals surface area contributed by atoms with Crippen molar-refractivity contribution < 1.29 is 27.6 Å². The smallest absolute Gasteiger partial charge is 0.318 e. The molecule has 4 nitrogen and oxygen atoms in total. The number of fused-ring (bicyclic) bond motifs is 3. The van der Waals surface area contributed by atoms with Gasteiger partial charge in [-0.15, -0.1) is 0 Å². The molecule has 0 aromatic heterocycles. The second kappa shape index (κ2) is 10.9. The van der Waals surface area contributed by atoms with Gasteiger partial charge in [-0.05, 0) is 53.6 Å². The molecule has 0 amide bonds. The summed E-state index contributed by atoms with van der Waals surface area (Å²) >= 11 is 0. The van der Waals surface area contributed by atoms with E-state index in [1.807, 2.05) is 68.4 Å². The molecule has 198 valence electrons. The van der Waals surface area contributed by atoms with Crippen molar-refractivity contribution in [2.24, 2.45) is 5.16 Å². The molecule has 3 aromatic carbocycles. The number of hydrogen-bond acceptors (Lipinski definition) is 4. The molecular formula is C31H30F3NO3. The molecule has 1 aliphatic rings. The largest absolute Gasteiger partial charge is 0.389 e. The van der Waals surface area contributed by atoms with Crippen molar-refractivity contribution in [3.05, 3.63) is 94.5 Å². The van der Waals surface area contributed by atoms with Crippen molar-refractivity contribution in [2.45, 2.75) is 64.5 Å². The molecule has 3 aromatic rings. The number of rotatable bonds is 9. The quantitative estimate of drug-likeness (QED) is 0.125. The molecule has 4 rings (SSSR count). The Labute approximate surface area is 220 Å². The van der Waals surface area contributed by atoms with Crippen LogP contribution >= 0.6 is 0 Å². The fraction of sp³-hybridized carbons (Fsp3) is 0.323. The first-order chi connectivity index (χ1) is 18.0. The van der Waals surface area contributed by atoms with Gasteiger partial charge in [0.05, 0.1) is 0 Å². The summed E-state index contributed by atoms with van der Waals surface area (Å²) in [6.45, 7) is 5.09. The van der Waals surface area contributed by atoms with E-state index >= 15 is 0 Å². The summed E-state index contributed by atoms with van der Waals surface area (Å²) < 4.78 is 40.4. The van der Waals surface area contributed by atoms with Crippen molar-refractivity contribution in [3.8, 4) is 11.1 Å². The van der Waals surface area contributed by atoms with Crippen molar-refractivity contribution in [1.82, 2.24) is 0 Å². The Morgan fingerprint density at radius 1 is 0.921 bits per heavy atom. The van der Waals surface area contributed by atoms with Crippen LogP contribution in [-0.2, 0) is 21.5 Å². The zero-order valence-electron chi connectivity index (χ0n) is 21.7. The topological polar surface area (TPSA) is 55.7 Å². The first kappa shape index (κ1) is 27.3. The number of oxime groups is 1. The van der Waals surface area contributed by atoms with Crippen LogP contribution in [0.1, 0.15) is 72.1 Å². The fourth-order valence-electron chi connectivity index (χ4n) is 5.50. The van der Waals surface area contributed by atoms with Gasteiger partial charge in [-0.2, -0.15) is 13.2 Å². The number of benzene rings is 3. The highest BCUT2D eigenvalue weighted by molar-refractivity contribution is 6.46. The maximum absolute atomic E-state index is 13.7. The predicted octanol–water partition coefficient (Wildman–Crippen LogP) is 7.75. The monoisotopic (exact) mass is 521 g/mol. The molecule has 0 radical (unpaired) electrons. The molecule has 1 atom stereocenters. The Bertz CT molecular complexity index is 1390. The molecule has 1 unspecified atom stereocenters. The van der Waals surface area contributed by atoms with E-state index in [-0.39, 0.29) is 18.6 Å². The van der Waals surface area contributed by atoms with Crippen LogP contribution in [0.25, 0.3) is 11.1 Å². The van der Waals surface area contributed by atoms with E-state index in [1.54, 1.807) is 12.1 Å². The normalized spacial score (nSPS) is 16.6. The molecule has 1 aliphatic carbocycles. The molecule has 0 saturated carbocycles. The van der Waals surface area contributed by atoms with Crippen molar-refractivity contribution in [1.29, 1.82) is 0 Å². The van der Waals surface area contributed by atoms with Gasteiger partial charge in [0.1, 0.15) is 5.71 Å². The Hall–Kier alpha value is -3.74. The van der Waals surface area contributed by atoms with E-state index in [0.717, 1.165) is 33.4 Å². The third-order valence-corrected chi connectivity index (χ3v) is 7.04. The highest BCUT2D eigenvalue weighted by atomic mass is 19.4. The fourth-order valence-corrected chi connectivity index (χ4v) is 5.50. The summed E-state index contributed by atoms with van der Waals surface area (Å²) in [6.07, 6.45) is -4.00. The van der Waals surface area contributed by atoms with Gasteiger partial charge in [-0.1, -0.05) is 84.7 Å². The van der Waals surface area contributed by atoms with Crippen LogP contribution in [0.15, 0.2) is 71.9 Å². The Kier molecular flexibility index (Phi) is 7.86. The van der Waals surface area contributed by atoms with Crippen LogP contribution in [0.4, 0.5) is 13.2 Å². The first-order valence-corrected chi connectivity index (χ1v) is 12.7. The van der Waals surface area contributed by atoms with Crippen LogP contribution in [0.5, 0.6) is 0 Å². The molecule has 38 heavy (non-hydrogen) atoms. The number of alkyl halides is 3. The Morgan fingerprint density at radius 2 is 1.66 bits per heavy atom. The lowest BCUT2D eigenvalue weighted by molar-refractivity contribution is -0.141. The lowest BCUT2D eigenvalue weighted by Gasteiger charge is -2.32. The van der Waals surface area contributed by atoms with Crippen molar-refractivity contribution in [2.75, 3.05) is 0 Å². The number of ketones is 1. The molecule has 0 aliphatic heterocycles. The lowest BCUT2D eigenvalue weighted by Crippen LogP contribution is -2.28. The number of nitrogens with zero attached hydrogens (tertiary/aromatic N) is 1. The van der Waals surface area contributed by atoms with Crippen molar-refractivity contribution in [3.63, 3.8) is 0 Å². The summed E-state index contributed by atoms with van der Waals surface area (Å²) in [5.74, 6) is -1.09. The molecule has 0 fully saturated rings. The van der Waals surface area contributed by atoms with Gasteiger partial charge >= 0.3 is 12.1 Å². The highest BCUT2D eigenvalue weighted by Gasteiger charge is 2.45. The molecular weight excluding hydrogens is 491 g/mol. The van der Waals surface area contributed by atoms with Gasteiger partial charge in [-0.3, -0.25) is 4.79 Å². The number of carbonyl (C=O) groups excluding carboxylic acids is 2. The van der Waals surface area contributed by atoms with E-state index in [4.69, 9.17) is 4.84 Å². The van der Waals surface area contributed by atoms with Crippen LogP contribution in [0.2, 0.25) is 0 Å². The van der Waals surface area contributed by atoms with Gasteiger partial charge in [0.2, 0.25) is 5.78 Å². The lowest BCUT2D eigenvalue weighted by atomic mass is 9.71. The van der Waals surface area contributed by atoms with E-state index in [2.05, 4.69) is 5.16 Å². The molecule has 0 spiro atoms. The molecule has 0 saturated heterocycles. The minimum Gasteiger partial charge on any atom is -0.318 e. The number of aryl methyl sites for hydroxylation is 1. The second-order valence-electron chi connectivity index (χ2n) is 9.87. The van der Waals surface area contributed by atoms with Gasteiger partial charge in [-0.25, -0.2) is 4.79 Å². The molecule has 7 heteroatoms. The van der Waals surface area contributed by atoms with E-state index in [0.29, 0.717) is 18.4 Å². The van der Waals surface area contributed by atoms with Crippen LogP contribution in [0, 0.1) is 6.92 Å². The molecule has 0 heterocycles. The Morgan fingerprint density at radius 3 is 2.34 bits per heavy atom. The Balaban J connectivity index is 1.80. The third kappa shape index (κ3) is 5.72. The van der Waals surface area contributed by atoms with Gasteiger partial charge in [0, 0.05) is 30.7 Å². The predicted molar refractivity (Wildman–Crippen MR) is 141 cm³/mol. The zero-order valence-corrected chi connectivity index (χ0v) is 21.7. The standard InChI is InChI=1S/C31H30F3NO3/c1-4-14-30(15-16-31(32,33)34)26-11-6-5-10-24(26)25-13-12-23(19-27(25)30)29(37)28(35-38-21(3)36)18-22-9-7-8-20(2)17-22/h5-13,17,19H,4,14-16,18H2,1-3H3/b35-28+. The summed E-state index contributed by atoms with van der Waals surface area (Å²) in [4.78, 5) is 30.0. The number of hydrogen-bond donors (Lipinski definition) is 0. The summed E-state index contributed by atoms with van der Waals surface area (Å²) in [5.41, 5.74) is 4.61. The minimum absolute atomic E-state index is 0.0395. The molecule has 0 bridgehead atoms. The summed E-state index contributed by atoms with van der Waals surface area (Å²) in [5, 5.41) is 3.87. The average Bonchev–Trinajstić information content (AvgIpc) is 3.14. The average molecular weight is 522 g/mol. The van der Waals surface area contributed by atoms with E-state index < -0.39 is 29.8 Å².